The van der Waals surface area contributed by atoms with Crippen LogP contribution in [0.3, 0.4) is 0 Å². The van der Waals surface area contributed by atoms with Gasteiger partial charge in [-0.3, -0.25) is 4.79 Å². The number of benzene rings is 3. The molecule has 52 heavy (non-hydrogen) atoms. The van der Waals surface area contributed by atoms with E-state index >= 15 is 4.79 Å². The van der Waals surface area contributed by atoms with E-state index in [4.69, 9.17) is 18.6 Å². The Bertz CT molecular complexity index is 1610. The number of carbonyl (C=O) groups excluding carboxylic acids is 2. The molecule has 1 aliphatic heterocycles. The minimum absolute atomic E-state index is 0.00686. The number of amides is 1. The van der Waals surface area contributed by atoms with Crippen LogP contribution in [0.15, 0.2) is 85.5 Å². The number of hydrogen-bond acceptors (Lipinski definition) is 6. The number of esters is 1. The summed E-state index contributed by atoms with van der Waals surface area (Å²) in [5.41, 5.74) is 0.828. The third kappa shape index (κ3) is 8.12. The van der Waals surface area contributed by atoms with Gasteiger partial charge >= 0.3 is 14.3 Å². The molecular weight excluding hydrogens is 667 g/mol. The van der Waals surface area contributed by atoms with Gasteiger partial charge in [0.05, 0.1) is 20.1 Å². The number of ether oxygens (including phenoxy) is 3. The molecule has 1 aliphatic carbocycles. The van der Waals surface area contributed by atoms with Crippen LogP contribution in [0.4, 0.5) is 0 Å². The lowest BCUT2D eigenvalue weighted by Gasteiger charge is -2.43. The van der Waals surface area contributed by atoms with E-state index in [1.165, 1.54) is 0 Å². The summed E-state index contributed by atoms with van der Waals surface area (Å²) in [5.74, 6) is 0.843. The molecule has 1 saturated carbocycles. The molecule has 7 nitrogen and oxygen atoms in total. The van der Waals surface area contributed by atoms with Crippen LogP contribution in [0.2, 0.25) is 5.04 Å². The number of hydrogen-bond donors (Lipinski definition) is 0. The molecule has 5 rings (SSSR count). The highest BCUT2D eigenvalue weighted by Gasteiger charge is 2.53. The minimum atomic E-state index is -3.08. The molecule has 4 atom stereocenters. The van der Waals surface area contributed by atoms with Crippen LogP contribution >= 0.6 is 0 Å². The lowest BCUT2D eigenvalue weighted by atomic mass is 9.75. The monoisotopic (exact) mass is 725 g/mol. The zero-order chi connectivity index (χ0) is 37.5. The molecule has 3 aromatic carbocycles. The normalized spacial score (nSPS) is 18.8. The average Bonchev–Trinajstić information content (AvgIpc) is 3.16. The fourth-order valence-corrected chi connectivity index (χ4v) is 12.7. The molecule has 2 aliphatic rings. The predicted molar refractivity (Wildman–Crippen MR) is 211 cm³/mol. The van der Waals surface area contributed by atoms with E-state index in [1.54, 1.807) is 20.3 Å². The standard InChI is InChI=1S/C44H59NO6Si/c1-9-31(2)32(3)50-43(47)37-27-19-20-28-45(37)42(46)40(33-21-13-10-14-22-33)34-29-38(48-7)41(49-8)39(30-34)51-52(44(4,5)6,35-23-15-11-16-24-35)36-25-17-12-18-26-36/h9,11-12,15-18,23-26,29-33,37,40H,1,10,13-14,19-22,27-28H2,2-8H3/t31-,32-,37+,40+/m1/s1. The van der Waals surface area contributed by atoms with Crippen LogP contribution in [0.5, 0.6) is 17.2 Å². The Kier molecular flexibility index (Phi) is 12.9. The summed E-state index contributed by atoms with van der Waals surface area (Å²) < 4.78 is 25.6. The van der Waals surface area contributed by atoms with Crippen molar-refractivity contribution in [2.75, 3.05) is 20.8 Å². The van der Waals surface area contributed by atoms with E-state index in [1.807, 2.05) is 43.0 Å². The van der Waals surface area contributed by atoms with E-state index in [9.17, 15) is 4.79 Å². The van der Waals surface area contributed by atoms with Gasteiger partial charge in [-0.2, -0.15) is 0 Å². The summed E-state index contributed by atoms with van der Waals surface area (Å²) in [4.78, 5) is 30.7. The molecule has 0 N–H and O–H groups in total. The fourth-order valence-electron chi connectivity index (χ4n) is 8.28. The third-order valence-corrected chi connectivity index (χ3v) is 16.3. The summed E-state index contributed by atoms with van der Waals surface area (Å²) in [6.45, 7) is 15.0. The molecule has 1 amide bonds. The topological polar surface area (TPSA) is 74.3 Å². The maximum atomic E-state index is 15.1. The molecule has 280 valence electrons. The van der Waals surface area contributed by atoms with Gasteiger partial charge in [0.25, 0.3) is 0 Å². The molecule has 0 bridgehead atoms. The van der Waals surface area contributed by atoms with E-state index in [0.717, 1.165) is 60.9 Å². The molecule has 1 heterocycles. The van der Waals surface area contributed by atoms with Gasteiger partial charge in [-0.05, 0) is 78.1 Å². The van der Waals surface area contributed by atoms with Crippen molar-refractivity contribution in [3.8, 4) is 17.2 Å². The first-order valence-corrected chi connectivity index (χ1v) is 21.1. The van der Waals surface area contributed by atoms with Gasteiger partial charge < -0.3 is 23.5 Å². The minimum Gasteiger partial charge on any atom is -0.531 e. The van der Waals surface area contributed by atoms with Crippen molar-refractivity contribution >= 4 is 30.6 Å². The lowest BCUT2D eigenvalue weighted by molar-refractivity contribution is -0.163. The lowest BCUT2D eigenvalue weighted by Crippen LogP contribution is -2.68. The Morgan fingerprint density at radius 2 is 1.40 bits per heavy atom. The second-order valence-corrected chi connectivity index (χ2v) is 19.9. The van der Waals surface area contributed by atoms with Crippen molar-refractivity contribution in [3.63, 3.8) is 0 Å². The Morgan fingerprint density at radius 3 is 1.94 bits per heavy atom. The molecule has 8 heteroatoms. The number of piperidine rings is 1. The van der Waals surface area contributed by atoms with Crippen molar-refractivity contribution in [1.82, 2.24) is 4.90 Å². The van der Waals surface area contributed by atoms with E-state index in [-0.39, 0.29) is 34.9 Å². The van der Waals surface area contributed by atoms with Crippen molar-refractivity contribution in [1.29, 1.82) is 0 Å². The first-order valence-electron chi connectivity index (χ1n) is 19.2. The Morgan fingerprint density at radius 1 is 0.827 bits per heavy atom. The number of nitrogens with zero attached hydrogens (tertiary/aromatic N) is 1. The molecular formula is C44H59NO6Si. The van der Waals surface area contributed by atoms with E-state index in [2.05, 4.69) is 75.9 Å². The summed E-state index contributed by atoms with van der Waals surface area (Å²) >= 11 is 0. The smallest absolute Gasteiger partial charge is 0.329 e. The van der Waals surface area contributed by atoms with Crippen molar-refractivity contribution in [3.05, 3.63) is 91.0 Å². The molecule has 0 radical (unpaired) electrons. The van der Waals surface area contributed by atoms with Crippen LogP contribution in [0, 0.1) is 11.8 Å². The molecule has 2 fully saturated rings. The third-order valence-electron chi connectivity index (χ3n) is 11.4. The van der Waals surface area contributed by atoms with Crippen LogP contribution < -0.4 is 24.3 Å². The van der Waals surface area contributed by atoms with Crippen LogP contribution in [-0.2, 0) is 14.3 Å². The average molecular weight is 726 g/mol. The molecule has 0 aromatic heterocycles. The maximum Gasteiger partial charge on any atom is 0.329 e. The predicted octanol–water partition coefficient (Wildman–Crippen LogP) is 8.44. The van der Waals surface area contributed by atoms with Crippen LogP contribution in [0.1, 0.15) is 97.5 Å². The largest absolute Gasteiger partial charge is 0.531 e. The quantitative estimate of drug-likeness (QED) is 0.100. The zero-order valence-corrected chi connectivity index (χ0v) is 33.4. The Labute approximate surface area is 312 Å². The second kappa shape index (κ2) is 17.2. The Hall–Kier alpha value is -4.04. The first kappa shape index (κ1) is 39.2. The Balaban J connectivity index is 1.65. The van der Waals surface area contributed by atoms with Crippen LogP contribution in [-0.4, -0.2) is 58.0 Å². The molecule has 0 unspecified atom stereocenters. The molecule has 1 saturated heterocycles. The highest BCUT2D eigenvalue weighted by Crippen LogP contribution is 2.48. The SMILES string of the molecule is C=C[C@@H](C)[C@@H](C)OC(=O)[C@@H]1CCCCN1C(=O)[C@H](c1cc(OC)c(OC)c(O[Si](c2ccccc2)(c2ccccc2)C(C)(C)C)c1)C1CCCCC1. The van der Waals surface area contributed by atoms with Crippen LogP contribution in [0.25, 0.3) is 0 Å². The van der Waals surface area contributed by atoms with Crippen molar-refractivity contribution < 1.29 is 28.2 Å². The van der Waals surface area contributed by atoms with Gasteiger partial charge in [0.1, 0.15) is 12.1 Å². The van der Waals surface area contributed by atoms with Crippen molar-refractivity contribution in [2.24, 2.45) is 11.8 Å². The first-order chi connectivity index (χ1) is 25.0. The van der Waals surface area contributed by atoms with E-state index < -0.39 is 20.3 Å². The second-order valence-electron chi connectivity index (χ2n) is 15.7. The van der Waals surface area contributed by atoms with Gasteiger partial charge in [0.15, 0.2) is 11.5 Å². The van der Waals surface area contributed by atoms with Gasteiger partial charge in [-0.1, -0.05) is 114 Å². The summed E-state index contributed by atoms with van der Waals surface area (Å²) in [6, 6.07) is 24.4. The summed E-state index contributed by atoms with van der Waals surface area (Å²) in [7, 11) is 0.186. The van der Waals surface area contributed by atoms with Gasteiger partial charge in [-0.25, -0.2) is 4.79 Å². The fraction of sp³-hybridized carbons (Fsp3) is 0.500. The van der Waals surface area contributed by atoms with E-state index in [0.29, 0.717) is 30.2 Å². The number of carbonyl (C=O) groups is 2. The number of likely N-dealkylation sites (tertiary alicyclic amines) is 1. The number of methoxy groups -OCH3 is 2. The highest BCUT2D eigenvalue weighted by molar-refractivity contribution is 7.00. The van der Waals surface area contributed by atoms with Gasteiger partial charge in [-0.15, -0.1) is 6.58 Å². The summed E-state index contributed by atoms with van der Waals surface area (Å²) in [5, 5.41) is 1.97. The highest BCUT2D eigenvalue weighted by atomic mass is 28.4. The van der Waals surface area contributed by atoms with Crippen molar-refractivity contribution in [2.45, 2.75) is 109 Å². The molecule has 0 spiro atoms. The number of rotatable bonds is 13. The zero-order valence-electron chi connectivity index (χ0n) is 32.4. The van der Waals surface area contributed by atoms with Gasteiger partial charge in [0.2, 0.25) is 11.7 Å². The molecule has 3 aromatic rings. The maximum absolute atomic E-state index is 15.1. The van der Waals surface area contributed by atoms with Gasteiger partial charge in [0, 0.05) is 12.5 Å². The summed E-state index contributed by atoms with van der Waals surface area (Å²) in [6.07, 6.45) is 8.93.